The number of halogens is 5. The first-order valence-electron chi connectivity index (χ1n) is 4.88. The molecule has 0 fully saturated rings. The summed E-state index contributed by atoms with van der Waals surface area (Å²) < 4.78 is 36.1. The van der Waals surface area contributed by atoms with Gasteiger partial charge in [-0.3, -0.25) is 0 Å². The van der Waals surface area contributed by atoms with Crippen molar-refractivity contribution in [2.45, 2.75) is 32.0 Å². The minimum absolute atomic E-state index is 0. The van der Waals surface area contributed by atoms with E-state index in [0.717, 1.165) is 5.56 Å². The minimum Gasteiger partial charge on any atom is -0.324 e. The average molecular weight is 288 g/mol. The summed E-state index contributed by atoms with van der Waals surface area (Å²) in [5.74, 6) is 0. The van der Waals surface area contributed by atoms with Crippen LogP contribution >= 0.6 is 24.0 Å². The number of rotatable bonds is 3. The van der Waals surface area contributed by atoms with Gasteiger partial charge in [0.05, 0.1) is 0 Å². The Bertz CT molecular complexity index is 366. The van der Waals surface area contributed by atoms with Gasteiger partial charge in [-0.25, -0.2) is 0 Å². The number of aryl methyl sites for hydroxylation is 1. The van der Waals surface area contributed by atoms with Gasteiger partial charge in [0.25, 0.3) is 0 Å². The Kier molecular flexibility index (Phi) is 6.30. The molecule has 0 radical (unpaired) electrons. The summed E-state index contributed by atoms with van der Waals surface area (Å²) in [6.45, 7) is 1.79. The molecule has 0 aromatic heterocycles. The van der Waals surface area contributed by atoms with Crippen molar-refractivity contribution >= 4 is 24.0 Å². The van der Waals surface area contributed by atoms with Crippen LogP contribution < -0.4 is 5.73 Å². The maximum absolute atomic E-state index is 12.0. The number of hydrogen-bond acceptors (Lipinski definition) is 1. The van der Waals surface area contributed by atoms with E-state index in [-0.39, 0.29) is 18.8 Å². The third-order valence-electron chi connectivity index (χ3n) is 2.37. The van der Waals surface area contributed by atoms with E-state index in [2.05, 4.69) is 0 Å². The molecule has 17 heavy (non-hydrogen) atoms. The van der Waals surface area contributed by atoms with Crippen LogP contribution in [0.5, 0.6) is 0 Å². The number of alkyl halides is 3. The molecule has 0 bridgehead atoms. The summed E-state index contributed by atoms with van der Waals surface area (Å²) in [6.07, 6.45) is -5.12. The second kappa shape index (κ2) is 6.47. The van der Waals surface area contributed by atoms with Gasteiger partial charge in [-0.1, -0.05) is 17.7 Å². The van der Waals surface area contributed by atoms with Gasteiger partial charge < -0.3 is 5.73 Å². The zero-order valence-electron chi connectivity index (χ0n) is 9.22. The molecule has 1 atom stereocenters. The van der Waals surface area contributed by atoms with Gasteiger partial charge in [-0.15, -0.1) is 12.4 Å². The van der Waals surface area contributed by atoms with Gasteiger partial charge in [0.1, 0.15) is 0 Å². The molecule has 1 aromatic carbocycles. The number of hydrogen-bond donors (Lipinski definition) is 1. The maximum Gasteiger partial charge on any atom is 0.389 e. The smallest absolute Gasteiger partial charge is 0.324 e. The highest BCUT2D eigenvalue weighted by Gasteiger charge is 2.28. The molecule has 6 heteroatoms. The molecule has 0 aliphatic rings. The number of benzene rings is 1. The molecule has 2 N–H and O–H groups in total. The second-order valence-electron chi connectivity index (χ2n) is 3.76. The highest BCUT2D eigenvalue weighted by molar-refractivity contribution is 6.30. The zero-order valence-corrected chi connectivity index (χ0v) is 10.8. The maximum atomic E-state index is 12.0. The Hall–Kier alpha value is -0.450. The fourth-order valence-corrected chi connectivity index (χ4v) is 1.76. The van der Waals surface area contributed by atoms with Crippen LogP contribution in [0, 0.1) is 6.92 Å². The van der Waals surface area contributed by atoms with Crippen molar-refractivity contribution in [3.63, 3.8) is 0 Å². The van der Waals surface area contributed by atoms with E-state index in [9.17, 15) is 13.2 Å². The summed E-state index contributed by atoms with van der Waals surface area (Å²) in [7, 11) is 0. The first kappa shape index (κ1) is 16.6. The third kappa shape index (κ3) is 5.61. The molecule has 1 nitrogen and oxygen atoms in total. The van der Waals surface area contributed by atoms with Gasteiger partial charge in [-0.05, 0) is 36.6 Å². The van der Waals surface area contributed by atoms with E-state index in [4.69, 9.17) is 17.3 Å². The Morgan fingerprint density at radius 1 is 1.35 bits per heavy atom. The lowest BCUT2D eigenvalue weighted by atomic mass is 9.98. The van der Waals surface area contributed by atoms with E-state index in [1.807, 2.05) is 0 Å². The Morgan fingerprint density at radius 3 is 2.41 bits per heavy atom. The average Bonchev–Trinajstić information content (AvgIpc) is 2.13. The Labute approximate surface area is 110 Å². The lowest BCUT2D eigenvalue weighted by Crippen LogP contribution is -2.16. The molecule has 0 heterocycles. The van der Waals surface area contributed by atoms with E-state index in [1.54, 1.807) is 25.1 Å². The largest absolute Gasteiger partial charge is 0.389 e. The highest BCUT2D eigenvalue weighted by atomic mass is 35.5. The van der Waals surface area contributed by atoms with Gasteiger partial charge in [0.15, 0.2) is 0 Å². The Morgan fingerprint density at radius 2 is 1.94 bits per heavy atom. The first-order valence-corrected chi connectivity index (χ1v) is 5.26. The lowest BCUT2D eigenvalue weighted by molar-refractivity contribution is -0.136. The predicted molar refractivity (Wildman–Crippen MR) is 65.7 cm³/mol. The minimum atomic E-state index is -4.15. The summed E-state index contributed by atoms with van der Waals surface area (Å²) in [6, 6.07) is 4.42. The van der Waals surface area contributed by atoms with Gasteiger partial charge in [0, 0.05) is 17.5 Å². The van der Waals surface area contributed by atoms with Crippen molar-refractivity contribution in [1.29, 1.82) is 0 Å². The van der Waals surface area contributed by atoms with E-state index in [0.29, 0.717) is 10.6 Å². The van der Waals surface area contributed by atoms with E-state index < -0.39 is 18.6 Å². The summed E-state index contributed by atoms with van der Waals surface area (Å²) >= 11 is 5.75. The van der Waals surface area contributed by atoms with Crippen molar-refractivity contribution in [3.05, 3.63) is 34.3 Å². The van der Waals surface area contributed by atoms with Crippen LogP contribution in [-0.2, 0) is 0 Å². The quantitative estimate of drug-likeness (QED) is 0.875. The second-order valence-corrected chi connectivity index (χ2v) is 4.20. The van der Waals surface area contributed by atoms with Crippen molar-refractivity contribution in [1.82, 2.24) is 0 Å². The molecule has 0 aliphatic carbocycles. The monoisotopic (exact) mass is 287 g/mol. The van der Waals surface area contributed by atoms with Crippen LogP contribution in [0.2, 0.25) is 5.02 Å². The molecule has 0 unspecified atom stereocenters. The molecule has 0 spiro atoms. The molecular formula is C11H14Cl2F3N. The standard InChI is InChI=1S/C11H13ClF3N.ClH/c1-7-6-8(12)2-3-9(7)10(16)4-5-11(13,14)15;/h2-3,6,10H,4-5,16H2,1H3;1H/t10-;/m1./s1. The van der Waals surface area contributed by atoms with Crippen molar-refractivity contribution in [3.8, 4) is 0 Å². The molecule has 98 valence electrons. The molecule has 0 amide bonds. The predicted octanol–water partition coefficient (Wildman–Crippen LogP) is 4.41. The molecule has 0 aliphatic heterocycles. The zero-order chi connectivity index (χ0) is 12.3. The molecule has 0 saturated carbocycles. The van der Waals surface area contributed by atoms with Crippen LogP contribution in [0.25, 0.3) is 0 Å². The van der Waals surface area contributed by atoms with E-state index >= 15 is 0 Å². The lowest BCUT2D eigenvalue weighted by Gasteiger charge is -2.16. The van der Waals surface area contributed by atoms with Gasteiger partial charge in [-0.2, -0.15) is 13.2 Å². The Balaban J connectivity index is 0.00000256. The molecule has 1 rings (SSSR count). The summed E-state index contributed by atoms with van der Waals surface area (Å²) in [5, 5.41) is 0.560. The van der Waals surface area contributed by atoms with Crippen LogP contribution in [0.3, 0.4) is 0 Å². The van der Waals surface area contributed by atoms with Crippen LogP contribution in [0.1, 0.15) is 30.0 Å². The van der Waals surface area contributed by atoms with Gasteiger partial charge >= 0.3 is 6.18 Å². The fraction of sp³-hybridized carbons (Fsp3) is 0.455. The van der Waals surface area contributed by atoms with Gasteiger partial charge in [0.2, 0.25) is 0 Å². The van der Waals surface area contributed by atoms with Crippen molar-refractivity contribution in [2.24, 2.45) is 5.73 Å². The van der Waals surface area contributed by atoms with Crippen LogP contribution in [0.4, 0.5) is 13.2 Å². The fourth-order valence-electron chi connectivity index (χ4n) is 1.53. The number of nitrogens with two attached hydrogens (primary N) is 1. The van der Waals surface area contributed by atoms with Crippen LogP contribution in [-0.4, -0.2) is 6.18 Å². The third-order valence-corrected chi connectivity index (χ3v) is 2.61. The van der Waals surface area contributed by atoms with E-state index in [1.165, 1.54) is 0 Å². The highest BCUT2D eigenvalue weighted by Crippen LogP contribution is 2.28. The summed E-state index contributed by atoms with van der Waals surface area (Å²) in [4.78, 5) is 0. The topological polar surface area (TPSA) is 26.0 Å². The van der Waals surface area contributed by atoms with Crippen molar-refractivity contribution in [2.75, 3.05) is 0 Å². The molecule has 1 aromatic rings. The summed E-state index contributed by atoms with van der Waals surface area (Å²) in [5.41, 5.74) is 7.25. The normalized spacial score (nSPS) is 13.1. The SMILES string of the molecule is Cc1cc(Cl)ccc1[C@H](N)CCC(F)(F)F.Cl. The van der Waals surface area contributed by atoms with Crippen LogP contribution in [0.15, 0.2) is 18.2 Å². The van der Waals surface area contributed by atoms with Crippen molar-refractivity contribution < 1.29 is 13.2 Å². The molecule has 0 saturated heterocycles. The first-order chi connectivity index (χ1) is 7.29. The molecular weight excluding hydrogens is 274 g/mol.